The van der Waals surface area contributed by atoms with Gasteiger partial charge in [-0.2, -0.15) is 0 Å². The molecule has 0 aliphatic rings. The molecular formula is C7H15N. The molecule has 0 amide bonds. The first-order valence-electron chi connectivity index (χ1n) is 2.90. The molecule has 0 unspecified atom stereocenters. The van der Waals surface area contributed by atoms with Crippen molar-refractivity contribution in [2.24, 2.45) is 5.73 Å². The Bertz CT molecular complexity index is 95.4. The molecule has 0 bridgehead atoms. The van der Waals surface area contributed by atoms with Crippen LogP contribution in [0.3, 0.4) is 0 Å². The molecule has 2 N–H and O–H groups in total. The van der Waals surface area contributed by atoms with Gasteiger partial charge in [0.2, 0.25) is 0 Å². The molecule has 1 nitrogen and oxygen atoms in total. The van der Waals surface area contributed by atoms with Crippen molar-refractivity contribution in [3.63, 3.8) is 0 Å². The molecule has 0 aromatic heterocycles. The van der Waals surface area contributed by atoms with E-state index in [0.29, 0.717) is 0 Å². The van der Waals surface area contributed by atoms with Crippen LogP contribution in [0, 0.1) is 0 Å². The summed E-state index contributed by atoms with van der Waals surface area (Å²) in [5, 5.41) is 0. The molecule has 8 heavy (non-hydrogen) atoms. The lowest BCUT2D eigenvalue weighted by Crippen LogP contribution is -2.32. The van der Waals surface area contributed by atoms with Crippen molar-refractivity contribution in [1.82, 2.24) is 0 Å². The van der Waals surface area contributed by atoms with E-state index in [4.69, 9.17) is 5.73 Å². The van der Waals surface area contributed by atoms with Crippen molar-refractivity contribution in [2.75, 3.05) is 0 Å². The highest BCUT2D eigenvalue weighted by Gasteiger charge is 2.10. The fourth-order valence-electron chi connectivity index (χ4n) is 0.372. The molecule has 48 valence electrons. The van der Waals surface area contributed by atoms with Crippen LogP contribution in [0.2, 0.25) is 0 Å². The maximum atomic E-state index is 5.72. The van der Waals surface area contributed by atoms with E-state index in [1.54, 1.807) is 0 Å². The van der Waals surface area contributed by atoms with Crippen LogP contribution >= 0.6 is 0 Å². The van der Waals surface area contributed by atoms with Gasteiger partial charge in [0, 0.05) is 5.54 Å². The minimum Gasteiger partial charge on any atom is -0.322 e. The van der Waals surface area contributed by atoms with Crippen LogP contribution in [0.1, 0.15) is 27.7 Å². The van der Waals surface area contributed by atoms with E-state index in [0.717, 1.165) is 0 Å². The summed E-state index contributed by atoms with van der Waals surface area (Å²) in [7, 11) is 0. The molecule has 0 aliphatic carbocycles. The monoisotopic (exact) mass is 113 g/mol. The van der Waals surface area contributed by atoms with Crippen LogP contribution in [0.5, 0.6) is 0 Å². The van der Waals surface area contributed by atoms with E-state index >= 15 is 0 Å². The summed E-state index contributed by atoms with van der Waals surface area (Å²) in [6, 6.07) is 0. The Labute approximate surface area is 51.6 Å². The molecule has 0 aliphatic heterocycles. The van der Waals surface area contributed by atoms with E-state index in [-0.39, 0.29) is 5.54 Å². The average Bonchev–Trinajstić information content (AvgIpc) is 1.62. The number of hydrogen-bond acceptors (Lipinski definition) is 1. The second kappa shape index (κ2) is 2.31. The molecule has 0 radical (unpaired) electrons. The zero-order valence-corrected chi connectivity index (χ0v) is 6.15. The maximum Gasteiger partial charge on any atom is 0.0308 e. The van der Waals surface area contributed by atoms with Gasteiger partial charge in [-0.05, 0) is 27.7 Å². The van der Waals surface area contributed by atoms with E-state index in [2.05, 4.69) is 0 Å². The Morgan fingerprint density at radius 2 is 1.88 bits per heavy atom. The lowest BCUT2D eigenvalue weighted by Gasteiger charge is -2.18. The van der Waals surface area contributed by atoms with E-state index < -0.39 is 0 Å². The average molecular weight is 113 g/mol. The van der Waals surface area contributed by atoms with Crippen molar-refractivity contribution < 1.29 is 0 Å². The standard InChI is InChI=1S/C7H15N/c1-5-6(2)7(3,4)8/h5H,8H2,1-4H3. The van der Waals surface area contributed by atoms with Gasteiger partial charge in [-0.1, -0.05) is 11.6 Å². The summed E-state index contributed by atoms with van der Waals surface area (Å²) in [5.41, 5.74) is 6.82. The molecule has 1 heteroatoms. The predicted octanol–water partition coefficient (Wildman–Crippen LogP) is 1.69. The van der Waals surface area contributed by atoms with Crippen LogP contribution in [0.4, 0.5) is 0 Å². The summed E-state index contributed by atoms with van der Waals surface area (Å²) in [6.07, 6.45) is 2.04. The van der Waals surface area contributed by atoms with E-state index in [9.17, 15) is 0 Å². The van der Waals surface area contributed by atoms with Gasteiger partial charge in [0.25, 0.3) is 0 Å². The zero-order chi connectivity index (χ0) is 6.78. The van der Waals surface area contributed by atoms with E-state index in [1.807, 2.05) is 33.8 Å². The first-order valence-corrected chi connectivity index (χ1v) is 2.90. The van der Waals surface area contributed by atoms with Gasteiger partial charge in [0.15, 0.2) is 0 Å². The molecule has 0 aromatic carbocycles. The Hall–Kier alpha value is -0.300. The quantitative estimate of drug-likeness (QED) is 0.514. The minimum atomic E-state index is -0.130. The molecule has 0 aromatic rings. The second-order valence-corrected chi connectivity index (χ2v) is 2.69. The fourth-order valence-corrected chi connectivity index (χ4v) is 0.372. The number of rotatable bonds is 1. The highest BCUT2D eigenvalue weighted by atomic mass is 14.7. The van der Waals surface area contributed by atoms with Crippen molar-refractivity contribution in [3.8, 4) is 0 Å². The van der Waals surface area contributed by atoms with Crippen molar-refractivity contribution >= 4 is 0 Å². The van der Waals surface area contributed by atoms with Gasteiger partial charge < -0.3 is 5.73 Å². The number of allylic oxidation sites excluding steroid dienone is 1. The molecule has 0 spiro atoms. The highest BCUT2D eigenvalue weighted by Crippen LogP contribution is 2.09. The fraction of sp³-hybridized carbons (Fsp3) is 0.714. The van der Waals surface area contributed by atoms with Gasteiger partial charge >= 0.3 is 0 Å². The normalized spacial score (nSPS) is 14.4. The Morgan fingerprint density at radius 1 is 1.50 bits per heavy atom. The Balaban J connectivity index is 4.03. The summed E-state index contributed by atoms with van der Waals surface area (Å²) in [4.78, 5) is 0. The first kappa shape index (κ1) is 7.70. The van der Waals surface area contributed by atoms with Crippen LogP contribution < -0.4 is 5.73 Å². The summed E-state index contributed by atoms with van der Waals surface area (Å²) in [6.45, 7) is 8.05. The van der Waals surface area contributed by atoms with Gasteiger partial charge in [-0.25, -0.2) is 0 Å². The van der Waals surface area contributed by atoms with Crippen LogP contribution in [0.15, 0.2) is 11.6 Å². The molecule has 0 rings (SSSR count). The Morgan fingerprint density at radius 3 is 1.88 bits per heavy atom. The number of hydrogen-bond donors (Lipinski definition) is 1. The third-order valence-electron chi connectivity index (χ3n) is 1.45. The van der Waals surface area contributed by atoms with Gasteiger partial charge in [0.05, 0.1) is 0 Å². The maximum absolute atomic E-state index is 5.72. The van der Waals surface area contributed by atoms with Gasteiger partial charge in [-0.3, -0.25) is 0 Å². The van der Waals surface area contributed by atoms with Gasteiger partial charge in [-0.15, -0.1) is 0 Å². The van der Waals surface area contributed by atoms with Crippen LogP contribution in [-0.4, -0.2) is 5.54 Å². The third kappa shape index (κ3) is 2.12. The molecule has 0 fully saturated rings. The smallest absolute Gasteiger partial charge is 0.0308 e. The number of nitrogens with two attached hydrogens (primary N) is 1. The molecule has 0 atom stereocenters. The summed E-state index contributed by atoms with van der Waals surface area (Å²) in [5.74, 6) is 0. The first-order chi connectivity index (χ1) is 3.48. The second-order valence-electron chi connectivity index (χ2n) is 2.69. The van der Waals surface area contributed by atoms with Crippen LogP contribution in [-0.2, 0) is 0 Å². The van der Waals surface area contributed by atoms with E-state index in [1.165, 1.54) is 5.57 Å². The van der Waals surface area contributed by atoms with Gasteiger partial charge in [0.1, 0.15) is 0 Å². The van der Waals surface area contributed by atoms with Crippen molar-refractivity contribution in [2.45, 2.75) is 33.2 Å². The van der Waals surface area contributed by atoms with Crippen molar-refractivity contribution in [3.05, 3.63) is 11.6 Å². The largest absolute Gasteiger partial charge is 0.322 e. The minimum absolute atomic E-state index is 0.130. The lowest BCUT2D eigenvalue weighted by atomic mass is 9.97. The Kier molecular flexibility index (Phi) is 2.23. The molecular weight excluding hydrogens is 98.1 g/mol. The van der Waals surface area contributed by atoms with Crippen molar-refractivity contribution in [1.29, 1.82) is 0 Å². The molecule has 0 saturated heterocycles. The van der Waals surface area contributed by atoms with Crippen LogP contribution in [0.25, 0.3) is 0 Å². The lowest BCUT2D eigenvalue weighted by molar-refractivity contribution is 0.610. The highest BCUT2D eigenvalue weighted by molar-refractivity contribution is 5.11. The zero-order valence-electron chi connectivity index (χ0n) is 6.15. The topological polar surface area (TPSA) is 26.0 Å². The predicted molar refractivity (Wildman–Crippen MR) is 37.7 cm³/mol. The third-order valence-corrected chi connectivity index (χ3v) is 1.45. The molecule has 0 heterocycles. The molecule has 0 saturated carbocycles. The summed E-state index contributed by atoms with van der Waals surface area (Å²) < 4.78 is 0. The SMILES string of the molecule is CC=C(C)C(C)(C)N. The summed E-state index contributed by atoms with van der Waals surface area (Å²) >= 11 is 0.